The molecule has 2 aromatic carbocycles. The van der Waals surface area contributed by atoms with E-state index in [0.29, 0.717) is 5.75 Å². The van der Waals surface area contributed by atoms with Crippen molar-refractivity contribution in [3.05, 3.63) is 54.6 Å². The van der Waals surface area contributed by atoms with Crippen molar-refractivity contribution in [1.82, 2.24) is 5.32 Å². The standard InChI is InChI=1S/C22H25NO7/c1-16(24)27-13-12-23-22(26)29-15-19(30-17(2)25)14-28-21-11-7-6-10-20(21)18-8-4-3-5-9-18/h3-11,19H,12-15H2,1-2H3,(H,23,26). The third-order valence-corrected chi connectivity index (χ3v) is 3.81. The number of ether oxygens (including phenoxy) is 4. The van der Waals surface area contributed by atoms with Gasteiger partial charge in [-0.05, 0) is 11.6 Å². The maximum atomic E-state index is 11.7. The highest BCUT2D eigenvalue weighted by Crippen LogP contribution is 2.29. The fourth-order valence-corrected chi connectivity index (χ4v) is 2.55. The predicted octanol–water partition coefficient (Wildman–Crippen LogP) is 2.95. The minimum atomic E-state index is -0.787. The molecule has 8 nitrogen and oxygen atoms in total. The van der Waals surface area contributed by atoms with E-state index in [4.69, 9.17) is 18.9 Å². The van der Waals surface area contributed by atoms with Crippen LogP contribution in [0.1, 0.15) is 13.8 Å². The third-order valence-electron chi connectivity index (χ3n) is 3.81. The molecule has 2 aromatic rings. The molecule has 0 aromatic heterocycles. The highest BCUT2D eigenvalue weighted by atomic mass is 16.6. The lowest BCUT2D eigenvalue weighted by Crippen LogP contribution is -2.34. The monoisotopic (exact) mass is 415 g/mol. The van der Waals surface area contributed by atoms with Gasteiger partial charge in [0.25, 0.3) is 0 Å². The van der Waals surface area contributed by atoms with Crippen molar-refractivity contribution in [3.8, 4) is 16.9 Å². The predicted molar refractivity (Wildman–Crippen MR) is 109 cm³/mol. The molecule has 0 saturated heterocycles. The lowest BCUT2D eigenvalue weighted by Gasteiger charge is -2.19. The third kappa shape index (κ3) is 8.22. The van der Waals surface area contributed by atoms with Crippen molar-refractivity contribution in [1.29, 1.82) is 0 Å². The molecule has 1 unspecified atom stereocenters. The van der Waals surface area contributed by atoms with Gasteiger partial charge >= 0.3 is 18.0 Å². The van der Waals surface area contributed by atoms with Crippen LogP contribution in [0, 0.1) is 0 Å². The molecule has 0 fully saturated rings. The molecule has 1 atom stereocenters. The van der Waals surface area contributed by atoms with Crippen molar-refractivity contribution >= 4 is 18.0 Å². The summed E-state index contributed by atoms with van der Waals surface area (Å²) in [6, 6.07) is 17.2. The number of esters is 2. The summed E-state index contributed by atoms with van der Waals surface area (Å²) in [5.74, 6) is -0.335. The van der Waals surface area contributed by atoms with E-state index in [9.17, 15) is 14.4 Å². The van der Waals surface area contributed by atoms with Gasteiger partial charge < -0.3 is 24.3 Å². The van der Waals surface area contributed by atoms with Gasteiger partial charge in [0.15, 0.2) is 6.10 Å². The van der Waals surface area contributed by atoms with Gasteiger partial charge in [0.05, 0.1) is 6.54 Å². The first-order valence-electron chi connectivity index (χ1n) is 9.44. The molecule has 0 spiro atoms. The first kappa shape index (κ1) is 22.7. The van der Waals surface area contributed by atoms with Crippen LogP contribution >= 0.6 is 0 Å². The molecule has 30 heavy (non-hydrogen) atoms. The molecule has 0 radical (unpaired) electrons. The van der Waals surface area contributed by atoms with Crippen LogP contribution < -0.4 is 10.1 Å². The number of alkyl carbamates (subject to hydrolysis) is 1. The van der Waals surface area contributed by atoms with E-state index < -0.39 is 24.1 Å². The van der Waals surface area contributed by atoms with Crippen LogP contribution in [0.25, 0.3) is 11.1 Å². The Morgan fingerprint density at radius 2 is 1.57 bits per heavy atom. The maximum absolute atomic E-state index is 11.7. The zero-order valence-corrected chi connectivity index (χ0v) is 17.0. The van der Waals surface area contributed by atoms with Crippen LogP contribution in [0.15, 0.2) is 54.6 Å². The summed E-state index contributed by atoms with van der Waals surface area (Å²) in [4.78, 5) is 33.8. The second-order valence-electron chi connectivity index (χ2n) is 6.27. The van der Waals surface area contributed by atoms with Gasteiger partial charge in [-0.15, -0.1) is 0 Å². The van der Waals surface area contributed by atoms with Crippen LogP contribution in [-0.4, -0.2) is 50.5 Å². The summed E-state index contributed by atoms with van der Waals surface area (Å²) in [5, 5.41) is 2.43. The molecule has 0 aliphatic rings. The number of hydrogen-bond acceptors (Lipinski definition) is 7. The van der Waals surface area contributed by atoms with Crippen LogP contribution in [0.2, 0.25) is 0 Å². The fourth-order valence-electron chi connectivity index (χ4n) is 2.55. The van der Waals surface area contributed by atoms with Crippen molar-refractivity contribution < 1.29 is 33.3 Å². The van der Waals surface area contributed by atoms with Gasteiger partial charge in [0.1, 0.15) is 25.6 Å². The summed E-state index contributed by atoms with van der Waals surface area (Å²) in [7, 11) is 0. The highest BCUT2D eigenvalue weighted by Gasteiger charge is 2.17. The summed E-state index contributed by atoms with van der Waals surface area (Å²) in [5.41, 5.74) is 1.88. The zero-order valence-electron chi connectivity index (χ0n) is 17.0. The quantitative estimate of drug-likeness (QED) is 0.362. The molecule has 8 heteroatoms. The normalized spacial score (nSPS) is 11.1. The number of hydrogen-bond donors (Lipinski definition) is 1. The van der Waals surface area contributed by atoms with Crippen LogP contribution in [0.3, 0.4) is 0 Å². The molecule has 0 aliphatic carbocycles. The Hall–Kier alpha value is -3.55. The van der Waals surface area contributed by atoms with Crippen LogP contribution in [-0.2, 0) is 23.8 Å². The second-order valence-corrected chi connectivity index (χ2v) is 6.27. The Morgan fingerprint density at radius 3 is 2.27 bits per heavy atom. The molecule has 160 valence electrons. The topological polar surface area (TPSA) is 100 Å². The Balaban J connectivity index is 1.90. The molecule has 2 rings (SSSR count). The zero-order chi connectivity index (χ0) is 21.8. The van der Waals surface area contributed by atoms with Gasteiger partial charge in [0.2, 0.25) is 0 Å². The number of para-hydroxylation sites is 1. The van der Waals surface area contributed by atoms with Crippen molar-refractivity contribution in [2.75, 3.05) is 26.4 Å². The number of carbonyl (C=O) groups excluding carboxylic acids is 3. The molecule has 0 bridgehead atoms. The lowest BCUT2D eigenvalue weighted by atomic mass is 10.1. The van der Waals surface area contributed by atoms with Crippen molar-refractivity contribution in [2.24, 2.45) is 0 Å². The summed E-state index contributed by atoms with van der Waals surface area (Å²) >= 11 is 0. The summed E-state index contributed by atoms with van der Waals surface area (Å²) in [6.45, 7) is 2.51. The fraction of sp³-hybridized carbons (Fsp3) is 0.318. The molecular weight excluding hydrogens is 390 g/mol. The van der Waals surface area contributed by atoms with Crippen LogP contribution in [0.4, 0.5) is 4.79 Å². The number of rotatable bonds is 10. The molecule has 0 saturated carbocycles. The number of carbonyl (C=O) groups is 3. The van der Waals surface area contributed by atoms with Crippen LogP contribution in [0.5, 0.6) is 5.75 Å². The van der Waals surface area contributed by atoms with E-state index in [-0.39, 0.29) is 26.4 Å². The van der Waals surface area contributed by atoms with Crippen molar-refractivity contribution in [3.63, 3.8) is 0 Å². The summed E-state index contributed by atoms with van der Waals surface area (Å²) in [6.07, 6.45) is -1.51. The SMILES string of the molecule is CC(=O)OCCNC(=O)OCC(COc1ccccc1-c1ccccc1)OC(C)=O. The average molecular weight is 415 g/mol. The molecular formula is C22H25NO7. The first-order valence-corrected chi connectivity index (χ1v) is 9.44. The lowest BCUT2D eigenvalue weighted by molar-refractivity contribution is -0.150. The number of nitrogens with one attached hydrogen (secondary N) is 1. The van der Waals surface area contributed by atoms with Gasteiger partial charge in [0, 0.05) is 19.4 Å². The van der Waals surface area contributed by atoms with Gasteiger partial charge in [-0.1, -0.05) is 48.5 Å². The van der Waals surface area contributed by atoms with E-state index >= 15 is 0 Å². The van der Waals surface area contributed by atoms with E-state index in [1.165, 1.54) is 13.8 Å². The Labute approximate surface area is 175 Å². The molecule has 1 N–H and O–H groups in total. The summed E-state index contributed by atoms with van der Waals surface area (Å²) < 4.78 is 20.8. The van der Waals surface area contributed by atoms with E-state index in [0.717, 1.165) is 11.1 Å². The molecule has 0 aliphatic heterocycles. The smallest absolute Gasteiger partial charge is 0.407 e. The van der Waals surface area contributed by atoms with E-state index in [1.54, 1.807) is 0 Å². The highest BCUT2D eigenvalue weighted by molar-refractivity contribution is 5.70. The van der Waals surface area contributed by atoms with Crippen molar-refractivity contribution in [2.45, 2.75) is 20.0 Å². The van der Waals surface area contributed by atoms with E-state index in [2.05, 4.69) is 5.32 Å². The average Bonchev–Trinajstić information content (AvgIpc) is 2.73. The van der Waals surface area contributed by atoms with E-state index in [1.807, 2.05) is 54.6 Å². The molecule has 1 amide bonds. The Bertz CT molecular complexity index is 838. The van der Waals surface area contributed by atoms with Gasteiger partial charge in [-0.3, -0.25) is 9.59 Å². The second kappa shape index (κ2) is 12.1. The Morgan fingerprint density at radius 1 is 0.867 bits per heavy atom. The minimum absolute atomic E-state index is 0.00412. The van der Waals surface area contributed by atoms with Gasteiger partial charge in [-0.2, -0.15) is 0 Å². The number of amides is 1. The van der Waals surface area contributed by atoms with Gasteiger partial charge in [-0.25, -0.2) is 4.79 Å². The largest absolute Gasteiger partial charge is 0.489 e. The molecule has 0 heterocycles. The minimum Gasteiger partial charge on any atom is -0.489 e. The Kier molecular flexibility index (Phi) is 9.18. The first-order chi connectivity index (χ1) is 14.5. The number of benzene rings is 2. The maximum Gasteiger partial charge on any atom is 0.407 e.